The predicted octanol–water partition coefficient (Wildman–Crippen LogP) is 5.84. The van der Waals surface area contributed by atoms with E-state index in [-0.39, 0.29) is 35.5 Å². The monoisotopic (exact) mass is 500 g/mol. The second-order valence-corrected chi connectivity index (χ2v) is 9.17. The van der Waals surface area contributed by atoms with E-state index in [4.69, 9.17) is 23.2 Å². The van der Waals surface area contributed by atoms with Gasteiger partial charge in [-0.3, -0.25) is 9.59 Å². The summed E-state index contributed by atoms with van der Waals surface area (Å²) in [5.74, 6) is -1.28. The fourth-order valence-electron chi connectivity index (χ4n) is 3.70. The first-order chi connectivity index (χ1) is 16.3. The van der Waals surface area contributed by atoms with Crippen LogP contribution in [0.25, 0.3) is 0 Å². The van der Waals surface area contributed by atoms with Crippen molar-refractivity contribution in [3.63, 3.8) is 0 Å². The third-order valence-electron chi connectivity index (χ3n) is 5.39. The minimum Gasteiger partial charge on any atom is -0.352 e. The summed E-state index contributed by atoms with van der Waals surface area (Å²) >= 11 is 12.6. The first-order valence-corrected chi connectivity index (χ1v) is 11.8. The maximum absolute atomic E-state index is 14.5. The molecule has 1 unspecified atom stereocenters. The molecular weight excluding hydrogens is 474 g/mol. The van der Waals surface area contributed by atoms with Gasteiger partial charge in [-0.15, -0.1) is 0 Å². The van der Waals surface area contributed by atoms with Crippen LogP contribution in [-0.2, 0) is 29.0 Å². The molecule has 0 radical (unpaired) electrons. The lowest BCUT2D eigenvalue weighted by molar-refractivity contribution is -0.141. The minimum absolute atomic E-state index is 0.0909. The SMILES string of the molecule is CC(C)NC(=O)C(Cc1ccccc1)N(Cc1ccccc1Cl)C(=O)Cc1c(F)cccc1Cl. The van der Waals surface area contributed by atoms with Gasteiger partial charge in [-0.1, -0.05) is 77.8 Å². The lowest BCUT2D eigenvalue weighted by Crippen LogP contribution is -2.52. The highest BCUT2D eigenvalue weighted by molar-refractivity contribution is 6.31. The van der Waals surface area contributed by atoms with E-state index in [1.165, 1.54) is 17.0 Å². The van der Waals surface area contributed by atoms with E-state index in [1.807, 2.05) is 50.2 Å². The van der Waals surface area contributed by atoms with Crippen molar-refractivity contribution in [1.82, 2.24) is 10.2 Å². The molecule has 4 nitrogen and oxygen atoms in total. The lowest BCUT2D eigenvalue weighted by Gasteiger charge is -2.32. The van der Waals surface area contributed by atoms with E-state index in [9.17, 15) is 14.0 Å². The van der Waals surface area contributed by atoms with Gasteiger partial charge >= 0.3 is 0 Å². The molecule has 0 fully saturated rings. The van der Waals surface area contributed by atoms with E-state index >= 15 is 0 Å². The van der Waals surface area contributed by atoms with Crippen LogP contribution >= 0.6 is 23.2 Å². The molecule has 0 saturated carbocycles. The Hall–Kier alpha value is -2.89. The summed E-state index contributed by atoms with van der Waals surface area (Å²) in [6.07, 6.45) is 0.0107. The first kappa shape index (κ1) is 25.7. The highest BCUT2D eigenvalue weighted by Crippen LogP contribution is 2.24. The summed E-state index contributed by atoms with van der Waals surface area (Å²) in [5, 5.41) is 3.56. The molecule has 0 saturated heterocycles. The largest absolute Gasteiger partial charge is 0.352 e. The van der Waals surface area contributed by atoms with E-state index in [0.29, 0.717) is 17.0 Å². The molecule has 1 atom stereocenters. The van der Waals surface area contributed by atoms with Crippen LogP contribution in [0.4, 0.5) is 4.39 Å². The highest BCUT2D eigenvalue weighted by Gasteiger charge is 2.31. The van der Waals surface area contributed by atoms with Crippen LogP contribution in [0.3, 0.4) is 0 Å². The van der Waals surface area contributed by atoms with Gasteiger partial charge in [0.25, 0.3) is 0 Å². The van der Waals surface area contributed by atoms with Gasteiger partial charge in [-0.05, 0) is 43.2 Å². The number of hydrogen-bond donors (Lipinski definition) is 1. The predicted molar refractivity (Wildman–Crippen MR) is 134 cm³/mol. The fraction of sp³-hybridized carbons (Fsp3) is 0.259. The maximum atomic E-state index is 14.5. The fourth-order valence-corrected chi connectivity index (χ4v) is 4.12. The van der Waals surface area contributed by atoms with Crippen LogP contribution < -0.4 is 5.32 Å². The number of halogens is 3. The Morgan fingerprint density at radius 3 is 2.21 bits per heavy atom. The van der Waals surface area contributed by atoms with Crippen molar-refractivity contribution >= 4 is 35.0 Å². The van der Waals surface area contributed by atoms with Gasteiger partial charge in [0.1, 0.15) is 11.9 Å². The Labute approximate surface area is 209 Å². The van der Waals surface area contributed by atoms with Crippen LogP contribution in [0, 0.1) is 5.82 Å². The summed E-state index contributed by atoms with van der Waals surface area (Å²) in [7, 11) is 0. The summed E-state index contributed by atoms with van der Waals surface area (Å²) in [5.41, 5.74) is 1.68. The minimum atomic E-state index is -0.834. The second-order valence-electron chi connectivity index (χ2n) is 8.36. The number of nitrogens with one attached hydrogen (secondary N) is 1. The van der Waals surface area contributed by atoms with Gasteiger partial charge in [0.05, 0.1) is 6.42 Å². The zero-order valence-corrected chi connectivity index (χ0v) is 20.6. The molecule has 0 bridgehead atoms. The van der Waals surface area contributed by atoms with Crippen LogP contribution in [0.1, 0.15) is 30.5 Å². The van der Waals surface area contributed by atoms with Crippen molar-refractivity contribution in [2.45, 2.75) is 45.3 Å². The van der Waals surface area contributed by atoms with Crippen molar-refractivity contribution in [2.75, 3.05) is 0 Å². The molecule has 2 amide bonds. The normalized spacial score (nSPS) is 11.8. The molecule has 0 aliphatic carbocycles. The van der Waals surface area contributed by atoms with Gasteiger partial charge in [-0.2, -0.15) is 0 Å². The average Bonchev–Trinajstić information content (AvgIpc) is 2.80. The molecule has 0 aromatic heterocycles. The molecule has 0 heterocycles. The Bertz CT molecular complexity index is 1120. The van der Waals surface area contributed by atoms with Crippen molar-refractivity contribution in [3.05, 3.63) is 105 Å². The molecule has 3 rings (SSSR count). The summed E-state index contributed by atoms with van der Waals surface area (Å²) in [6, 6.07) is 19.9. The number of hydrogen-bond acceptors (Lipinski definition) is 2. The average molecular weight is 501 g/mol. The van der Waals surface area contributed by atoms with Gasteiger partial charge in [0.15, 0.2) is 0 Å². The van der Waals surface area contributed by atoms with Gasteiger partial charge in [0.2, 0.25) is 11.8 Å². The molecule has 0 aliphatic rings. The van der Waals surface area contributed by atoms with Crippen LogP contribution in [0.15, 0.2) is 72.8 Å². The van der Waals surface area contributed by atoms with Crippen LogP contribution in [0.5, 0.6) is 0 Å². The smallest absolute Gasteiger partial charge is 0.243 e. The molecule has 34 heavy (non-hydrogen) atoms. The van der Waals surface area contributed by atoms with Gasteiger partial charge < -0.3 is 10.2 Å². The molecule has 1 N–H and O–H groups in total. The van der Waals surface area contributed by atoms with Crippen LogP contribution in [-0.4, -0.2) is 28.8 Å². The molecule has 0 spiro atoms. The van der Waals surface area contributed by atoms with E-state index in [1.54, 1.807) is 24.3 Å². The first-order valence-electron chi connectivity index (χ1n) is 11.1. The Morgan fingerprint density at radius 1 is 0.912 bits per heavy atom. The number of carbonyl (C=O) groups is 2. The number of benzene rings is 3. The zero-order valence-electron chi connectivity index (χ0n) is 19.1. The van der Waals surface area contributed by atoms with Crippen molar-refractivity contribution < 1.29 is 14.0 Å². The van der Waals surface area contributed by atoms with Gasteiger partial charge in [-0.25, -0.2) is 4.39 Å². The van der Waals surface area contributed by atoms with E-state index in [2.05, 4.69) is 5.32 Å². The summed E-state index contributed by atoms with van der Waals surface area (Å²) < 4.78 is 14.5. The standard InChI is InChI=1S/C27H27Cl2FN2O2/c1-18(2)31-27(34)25(15-19-9-4-3-5-10-19)32(17-20-11-6-7-12-22(20)28)26(33)16-21-23(29)13-8-14-24(21)30/h3-14,18,25H,15-17H2,1-2H3,(H,31,34). The van der Waals surface area contributed by atoms with Gasteiger partial charge in [0, 0.05) is 34.6 Å². The van der Waals surface area contributed by atoms with Crippen molar-refractivity contribution in [3.8, 4) is 0 Å². The number of nitrogens with zero attached hydrogens (tertiary/aromatic N) is 1. The molecule has 3 aromatic carbocycles. The lowest BCUT2D eigenvalue weighted by atomic mass is 10.0. The Morgan fingerprint density at radius 2 is 1.56 bits per heavy atom. The summed E-state index contributed by atoms with van der Waals surface area (Å²) in [4.78, 5) is 28.4. The Kier molecular flexibility index (Phi) is 9.08. The molecule has 7 heteroatoms. The Balaban J connectivity index is 2.02. The van der Waals surface area contributed by atoms with E-state index < -0.39 is 17.8 Å². The highest BCUT2D eigenvalue weighted by atomic mass is 35.5. The molecule has 0 aliphatic heterocycles. The molecule has 3 aromatic rings. The quantitative estimate of drug-likeness (QED) is 0.401. The number of carbonyl (C=O) groups excluding carboxylic acids is 2. The van der Waals surface area contributed by atoms with Crippen molar-refractivity contribution in [2.24, 2.45) is 0 Å². The topological polar surface area (TPSA) is 49.4 Å². The van der Waals surface area contributed by atoms with Crippen molar-refractivity contribution in [1.29, 1.82) is 0 Å². The van der Waals surface area contributed by atoms with E-state index in [0.717, 1.165) is 5.56 Å². The molecular formula is C27H27Cl2FN2O2. The molecule has 178 valence electrons. The summed E-state index contributed by atoms with van der Waals surface area (Å²) in [6.45, 7) is 3.81. The third-order valence-corrected chi connectivity index (χ3v) is 6.11. The maximum Gasteiger partial charge on any atom is 0.243 e. The number of amides is 2. The number of rotatable bonds is 9. The second kappa shape index (κ2) is 12.0. The van der Waals surface area contributed by atoms with Crippen LogP contribution in [0.2, 0.25) is 10.0 Å². The third kappa shape index (κ3) is 6.81. The zero-order chi connectivity index (χ0) is 24.7.